The quantitative estimate of drug-likeness (QED) is 0.828. The fraction of sp³-hybridized carbons (Fsp3) is 0.824. The van der Waals surface area contributed by atoms with Crippen molar-refractivity contribution < 1.29 is 0 Å². The number of rotatable bonds is 7. The molecule has 3 heteroatoms. The molecule has 0 radical (unpaired) electrons. The van der Waals surface area contributed by atoms with Crippen LogP contribution in [0.3, 0.4) is 0 Å². The lowest BCUT2D eigenvalue weighted by atomic mass is 9.83. The summed E-state index contributed by atoms with van der Waals surface area (Å²) in [6.07, 6.45) is 13.7. The lowest BCUT2D eigenvalue weighted by molar-refractivity contribution is 0.275. The Hall–Kier alpha value is -0.830. The summed E-state index contributed by atoms with van der Waals surface area (Å²) >= 11 is 0. The third kappa shape index (κ3) is 3.08. The highest BCUT2D eigenvalue weighted by Gasteiger charge is 2.40. The Bertz CT molecular complexity index is 426. The number of aromatic nitrogens is 2. The van der Waals surface area contributed by atoms with E-state index in [0.29, 0.717) is 6.04 Å². The maximum absolute atomic E-state index is 4.51. The van der Waals surface area contributed by atoms with Crippen LogP contribution in [0.25, 0.3) is 0 Å². The summed E-state index contributed by atoms with van der Waals surface area (Å²) in [4.78, 5) is 4.51. The van der Waals surface area contributed by atoms with Crippen LogP contribution in [-0.2, 0) is 13.5 Å². The number of nitrogens with one attached hydrogen (secondary N) is 1. The predicted octanol–water partition coefficient (Wildman–Crippen LogP) is 3.16. The van der Waals surface area contributed by atoms with E-state index in [2.05, 4.69) is 35.0 Å². The van der Waals surface area contributed by atoms with Crippen molar-refractivity contribution in [2.45, 2.75) is 57.9 Å². The summed E-state index contributed by atoms with van der Waals surface area (Å²) in [6, 6.07) is 0.611. The second kappa shape index (κ2) is 6.30. The number of hydrogen-bond acceptors (Lipinski definition) is 2. The molecule has 1 N–H and O–H groups in total. The highest BCUT2D eigenvalue weighted by Crippen LogP contribution is 2.49. The molecule has 1 aromatic rings. The molecule has 0 amide bonds. The van der Waals surface area contributed by atoms with Crippen LogP contribution in [0.15, 0.2) is 12.4 Å². The van der Waals surface area contributed by atoms with Gasteiger partial charge in [0.1, 0.15) is 5.82 Å². The van der Waals surface area contributed by atoms with Crippen molar-refractivity contribution in [3.63, 3.8) is 0 Å². The van der Waals surface area contributed by atoms with Gasteiger partial charge in [-0.2, -0.15) is 0 Å². The van der Waals surface area contributed by atoms with E-state index in [0.717, 1.165) is 30.7 Å². The topological polar surface area (TPSA) is 29.9 Å². The van der Waals surface area contributed by atoms with Gasteiger partial charge in [0.25, 0.3) is 0 Å². The molecule has 4 atom stereocenters. The smallest absolute Gasteiger partial charge is 0.109 e. The molecular formula is C17H29N3. The van der Waals surface area contributed by atoms with Gasteiger partial charge in [-0.05, 0) is 56.4 Å². The van der Waals surface area contributed by atoms with Crippen molar-refractivity contribution in [2.24, 2.45) is 24.8 Å². The molecule has 2 saturated carbocycles. The number of hydrogen-bond donors (Lipinski definition) is 1. The molecule has 2 aliphatic carbocycles. The van der Waals surface area contributed by atoms with Gasteiger partial charge in [-0.25, -0.2) is 4.98 Å². The monoisotopic (exact) mass is 275 g/mol. The van der Waals surface area contributed by atoms with E-state index in [1.807, 2.05) is 6.20 Å². The Morgan fingerprint density at radius 1 is 1.40 bits per heavy atom. The fourth-order valence-corrected chi connectivity index (χ4v) is 4.43. The molecule has 3 rings (SSSR count). The average Bonchev–Trinajstić information content (AvgIpc) is 3.14. The second-order valence-electron chi connectivity index (χ2n) is 6.98. The first-order valence-corrected chi connectivity index (χ1v) is 8.45. The zero-order chi connectivity index (χ0) is 13.9. The molecule has 2 fully saturated rings. The highest BCUT2D eigenvalue weighted by atomic mass is 15.0. The third-order valence-electron chi connectivity index (χ3n) is 5.50. The van der Waals surface area contributed by atoms with E-state index < -0.39 is 0 Å². The van der Waals surface area contributed by atoms with Gasteiger partial charge in [0.15, 0.2) is 0 Å². The van der Waals surface area contributed by atoms with Crippen molar-refractivity contribution in [1.82, 2.24) is 14.9 Å². The van der Waals surface area contributed by atoms with Gasteiger partial charge in [0.05, 0.1) is 0 Å². The van der Waals surface area contributed by atoms with Crippen LogP contribution in [0.5, 0.6) is 0 Å². The molecule has 1 aromatic heterocycles. The molecule has 0 saturated heterocycles. The maximum Gasteiger partial charge on any atom is 0.109 e. The largest absolute Gasteiger partial charge is 0.338 e. The van der Waals surface area contributed by atoms with Crippen molar-refractivity contribution in [3.05, 3.63) is 18.2 Å². The molecule has 112 valence electrons. The van der Waals surface area contributed by atoms with Crippen molar-refractivity contribution in [1.29, 1.82) is 0 Å². The molecule has 2 aliphatic rings. The van der Waals surface area contributed by atoms with Crippen LogP contribution in [-0.4, -0.2) is 22.1 Å². The van der Waals surface area contributed by atoms with E-state index in [9.17, 15) is 0 Å². The van der Waals surface area contributed by atoms with Crippen molar-refractivity contribution >= 4 is 0 Å². The molecule has 20 heavy (non-hydrogen) atoms. The van der Waals surface area contributed by atoms with E-state index in [1.54, 1.807) is 0 Å². The summed E-state index contributed by atoms with van der Waals surface area (Å²) in [5.41, 5.74) is 0. The predicted molar refractivity (Wildman–Crippen MR) is 82.5 cm³/mol. The molecule has 4 unspecified atom stereocenters. The zero-order valence-electron chi connectivity index (χ0n) is 13.0. The molecule has 0 aromatic carbocycles. The number of aryl methyl sites for hydroxylation is 1. The van der Waals surface area contributed by atoms with Crippen molar-refractivity contribution in [3.8, 4) is 0 Å². The second-order valence-corrected chi connectivity index (χ2v) is 6.98. The minimum Gasteiger partial charge on any atom is -0.338 e. The number of nitrogens with zero attached hydrogens (tertiary/aromatic N) is 2. The van der Waals surface area contributed by atoms with Crippen LogP contribution < -0.4 is 5.32 Å². The lowest BCUT2D eigenvalue weighted by Crippen LogP contribution is -2.35. The summed E-state index contributed by atoms with van der Waals surface area (Å²) in [7, 11) is 2.11. The number of imidazole rings is 1. The Kier molecular flexibility index (Phi) is 4.45. The van der Waals surface area contributed by atoms with Gasteiger partial charge >= 0.3 is 0 Å². The fourth-order valence-electron chi connectivity index (χ4n) is 4.43. The molecule has 0 aliphatic heterocycles. The first-order chi connectivity index (χ1) is 9.76. The van der Waals surface area contributed by atoms with Crippen LogP contribution >= 0.6 is 0 Å². The van der Waals surface area contributed by atoms with E-state index in [1.165, 1.54) is 44.3 Å². The van der Waals surface area contributed by atoms with Crippen LogP contribution in [0, 0.1) is 17.8 Å². The molecule has 2 bridgehead atoms. The standard InChI is InChI=1S/C17H29N3/c1-3-6-18-16(12-17-19-7-8-20(17)2)11-15-10-13-4-5-14(15)9-13/h7-8,13-16,18H,3-6,9-12H2,1-2H3. The van der Waals surface area contributed by atoms with Crippen LogP contribution in [0.2, 0.25) is 0 Å². The van der Waals surface area contributed by atoms with Gasteiger partial charge in [-0.15, -0.1) is 0 Å². The van der Waals surface area contributed by atoms with E-state index >= 15 is 0 Å². The molecule has 3 nitrogen and oxygen atoms in total. The van der Waals surface area contributed by atoms with Gasteiger partial charge in [0.2, 0.25) is 0 Å². The Morgan fingerprint density at radius 2 is 2.30 bits per heavy atom. The summed E-state index contributed by atoms with van der Waals surface area (Å²) in [5.74, 6) is 4.29. The molecule has 1 heterocycles. The zero-order valence-corrected chi connectivity index (χ0v) is 13.0. The Balaban J connectivity index is 1.59. The van der Waals surface area contributed by atoms with Crippen LogP contribution in [0.1, 0.15) is 51.3 Å². The first-order valence-electron chi connectivity index (χ1n) is 8.45. The summed E-state index contributed by atoms with van der Waals surface area (Å²) < 4.78 is 2.17. The Labute approximate surface area is 123 Å². The first kappa shape index (κ1) is 14.1. The third-order valence-corrected chi connectivity index (χ3v) is 5.50. The summed E-state index contributed by atoms with van der Waals surface area (Å²) in [5, 5.41) is 3.77. The highest BCUT2D eigenvalue weighted by molar-refractivity contribution is 4.97. The maximum atomic E-state index is 4.51. The normalized spacial score (nSPS) is 30.0. The van der Waals surface area contributed by atoms with Crippen molar-refractivity contribution in [2.75, 3.05) is 6.54 Å². The van der Waals surface area contributed by atoms with Gasteiger partial charge in [0, 0.05) is 31.9 Å². The van der Waals surface area contributed by atoms with E-state index in [4.69, 9.17) is 0 Å². The molecule has 0 spiro atoms. The lowest BCUT2D eigenvalue weighted by Gasteiger charge is -2.27. The van der Waals surface area contributed by atoms with Gasteiger partial charge < -0.3 is 9.88 Å². The van der Waals surface area contributed by atoms with Gasteiger partial charge in [-0.3, -0.25) is 0 Å². The minimum absolute atomic E-state index is 0.611. The minimum atomic E-state index is 0.611. The average molecular weight is 275 g/mol. The van der Waals surface area contributed by atoms with Crippen LogP contribution in [0.4, 0.5) is 0 Å². The van der Waals surface area contributed by atoms with E-state index in [-0.39, 0.29) is 0 Å². The van der Waals surface area contributed by atoms with Gasteiger partial charge in [-0.1, -0.05) is 13.3 Å². The number of fused-ring (bicyclic) bond motifs is 2. The Morgan fingerprint density at radius 3 is 2.90 bits per heavy atom. The summed E-state index contributed by atoms with van der Waals surface area (Å²) in [6.45, 7) is 3.39. The molecular weight excluding hydrogens is 246 g/mol. The SMILES string of the molecule is CCCNC(Cc1nccn1C)CC1CC2CCC1C2.